The number of likely N-dealkylation sites (N-methyl/N-ethyl adjacent to an activating group) is 1. The Kier molecular flexibility index (Phi) is 8.93. The number of aryl methyl sites for hydroxylation is 3. The molecule has 18 heteroatoms. The van der Waals surface area contributed by atoms with Crippen LogP contribution in [-0.2, 0) is 22.9 Å². The third-order valence-electron chi connectivity index (χ3n) is 15.6. The molecule has 4 aliphatic rings. The van der Waals surface area contributed by atoms with Crippen molar-refractivity contribution >= 4 is 27.7 Å². The molecule has 1 saturated carbocycles. The second-order valence-corrected chi connectivity index (χ2v) is 20.3. The van der Waals surface area contributed by atoms with Crippen LogP contribution in [0.2, 0.25) is 0 Å². The smallest absolute Gasteiger partial charge is 0.376 e. The van der Waals surface area contributed by atoms with E-state index in [1.54, 1.807) is 60.7 Å². The van der Waals surface area contributed by atoms with Crippen molar-refractivity contribution in [2.45, 2.75) is 89.4 Å². The zero-order valence-corrected chi connectivity index (χ0v) is 39.1. The number of nitrogens with one attached hydrogen (secondary N) is 1. The van der Waals surface area contributed by atoms with Crippen LogP contribution in [0, 0.1) is 31.4 Å². The number of nitrogens with zero attached hydrogens (tertiary/aromatic N) is 10. The molecule has 6 atom stereocenters. The molecule has 350 valence electrons. The van der Waals surface area contributed by atoms with E-state index in [0.29, 0.717) is 70.5 Å². The van der Waals surface area contributed by atoms with Gasteiger partial charge in [0.25, 0.3) is 5.91 Å². The van der Waals surface area contributed by atoms with Crippen LogP contribution >= 0.6 is 0 Å². The number of rotatable bonds is 7. The fraction of sp³-hybridized carbons (Fsp3) is 0.400. The molecule has 1 N–H and O–H groups in total. The highest BCUT2D eigenvalue weighted by molar-refractivity contribution is 6.00. The van der Waals surface area contributed by atoms with Crippen molar-refractivity contribution < 1.29 is 22.8 Å². The Balaban J connectivity index is 1.04. The molecule has 3 aromatic carbocycles. The van der Waals surface area contributed by atoms with Crippen molar-refractivity contribution in [2.75, 3.05) is 26.7 Å². The van der Waals surface area contributed by atoms with Crippen molar-refractivity contribution in [2.24, 2.45) is 13.0 Å². The van der Waals surface area contributed by atoms with Crippen LogP contribution in [0.4, 0.5) is 8.78 Å². The summed E-state index contributed by atoms with van der Waals surface area (Å²) >= 11 is 0. The number of benzene rings is 3. The summed E-state index contributed by atoms with van der Waals surface area (Å²) < 4.78 is 50.7. The molecule has 2 unspecified atom stereocenters. The van der Waals surface area contributed by atoms with Crippen molar-refractivity contribution in [3.63, 3.8) is 0 Å². The molecule has 16 nitrogen and oxygen atoms in total. The average molecular weight is 924 g/mol. The summed E-state index contributed by atoms with van der Waals surface area (Å²) in [4.78, 5) is 50.2. The summed E-state index contributed by atoms with van der Waals surface area (Å²) in [5.74, 6) is -0.953. The molecule has 12 rings (SSSR count). The quantitative estimate of drug-likeness (QED) is 0.166. The molecule has 0 radical (unpaired) electrons. The summed E-state index contributed by atoms with van der Waals surface area (Å²) in [7, 11) is 3.70. The summed E-state index contributed by atoms with van der Waals surface area (Å²) in [5, 5.41) is 14.9. The Morgan fingerprint density at radius 1 is 0.912 bits per heavy atom. The van der Waals surface area contributed by atoms with Crippen molar-refractivity contribution in [1.29, 1.82) is 0 Å². The van der Waals surface area contributed by atoms with Gasteiger partial charge < -0.3 is 14.2 Å². The van der Waals surface area contributed by atoms with Crippen LogP contribution < -0.4 is 11.4 Å². The van der Waals surface area contributed by atoms with Gasteiger partial charge in [-0.05, 0) is 132 Å². The SMILES string of the molecule is Cc1cc(-n2nc3c(c2-n2ccn(-c4ccc5c(cnn5C)c4F)c2=O)[C@H](C)N(C(=O)c2cc4cc([C@H]5CCOC(C)(C)C5)ccc4n2[C@@]2(c4noc(=O)[nH]4)C[C@@H]2C)CC32CN2C)cc(C)c1F. The molecule has 1 amide bonds. The zero-order valence-electron chi connectivity index (χ0n) is 39.1. The summed E-state index contributed by atoms with van der Waals surface area (Å²) in [6.45, 7) is 13.1. The number of aromatic nitrogens is 9. The zero-order chi connectivity index (χ0) is 47.5. The standard InChI is InChI=1S/C50H51F2N11O5/c1-26-17-33(18-27(2)40(26)51)63-43(60-15-14-59(47(60)66)37-12-11-36-34(41(37)52)23-53-58(36)8)39-29(4)61(25-49(24-57(49)7)42(39)55-63)44(64)38-20-32-19-30(31-13-16-67-48(5,6)22-31)9-10-35(32)62(38)50(21-28(50)3)45-54-46(65)68-56-45/h9-12,14-15,17-20,23,28-29,31H,13,16,21-22,24-25H2,1-8H3,(H,54,56,65)/t28-,29-,31-,49?,50-,57?/m0/s1. The van der Waals surface area contributed by atoms with Gasteiger partial charge in [0, 0.05) is 55.6 Å². The Morgan fingerprint density at radius 2 is 1.63 bits per heavy atom. The summed E-state index contributed by atoms with van der Waals surface area (Å²) in [6, 6.07) is 14.3. The maximum atomic E-state index is 16.3. The molecule has 2 saturated heterocycles. The number of aromatic amines is 1. The predicted molar refractivity (Wildman–Crippen MR) is 248 cm³/mol. The van der Waals surface area contributed by atoms with Gasteiger partial charge in [-0.2, -0.15) is 10.2 Å². The Bertz CT molecular complexity index is 3550. The van der Waals surface area contributed by atoms with E-state index >= 15 is 13.6 Å². The van der Waals surface area contributed by atoms with E-state index in [0.717, 1.165) is 29.3 Å². The monoisotopic (exact) mass is 923 g/mol. The van der Waals surface area contributed by atoms with Crippen LogP contribution in [-0.4, -0.2) is 91.5 Å². The number of amides is 1. The largest absolute Gasteiger partial charge is 0.438 e. The molecule has 1 aliphatic carbocycles. The number of fused-ring (bicyclic) bond motifs is 4. The van der Waals surface area contributed by atoms with E-state index in [-0.39, 0.29) is 46.8 Å². The molecule has 3 fully saturated rings. The normalized spacial score (nSPS) is 25.2. The van der Waals surface area contributed by atoms with E-state index in [1.807, 2.05) is 29.5 Å². The number of carbonyl (C=O) groups excluding carboxylic acids is 1. The molecule has 5 aromatic heterocycles. The molecule has 3 aliphatic heterocycles. The van der Waals surface area contributed by atoms with Gasteiger partial charge >= 0.3 is 11.4 Å². The van der Waals surface area contributed by atoms with Crippen LogP contribution in [0.3, 0.4) is 0 Å². The first-order chi connectivity index (χ1) is 32.4. The van der Waals surface area contributed by atoms with Gasteiger partial charge in [-0.1, -0.05) is 18.1 Å². The number of imidazole rings is 1. The van der Waals surface area contributed by atoms with Crippen LogP contribution in [0.5, 0.6) is 0 Å². The Labute approximate surface area is 388 Å². The van der Waals surface area contributed by atoms with Crippen LogP contribution in [0.25, 0.3) is 39.0 Å². The fourth-order valence-electron chi connectivity index (χ4n) is 11.7. The molecule has 8 aromatic rings. The lowest BCUT2D eigenvalue weighted by atomic mass is 9.83. The highest BCUT2D eigenvalue weighted by Crippen LogP contribution is 2.57. The van der Waals surface area contributed by atoms with Gasteiger partial charge in [0.15, 0.2) is 11.6 Å². The van der Waals surface area contributed by atoms with Gasteiger partial charge in [-0.25, -0.2) is 23.1 Å². The van der Waals surface area contributed by atoms with Crippen molar-refractivity contribution in [3.05, 3.63) is 139 Å². The van der Waals surface area contributed by atoms with E-state index in [1.165, 1.54) is 21.5 Å². The average Bonchev–Trinajstić information content (AvgIpc) is 3.69. The lowest BCUT2D eigenvalue weighted by Gasteiger charge is -2.38. The summed E-state index contributed by atoms with van der Waals surface area (Å²) in [5.41, 5.74) is 3.16. The number of H-pyrrole nitrogens is 1. The Hall–Kier alpha value is -6.92. The predicted octanol–water partition coefficient (Wildman–Crippen LogP) is 7.04. The topological polar surface area (TPSA) is 159 Å². The lowest BCUT2D eigenvalue weighted by molar-refractivity contribution is -0.0592. The van der Waals surface area contributed by atoms with Gasteiger partial charge in [0.1, 0.15) is 22.9 Å². The van der Waals surface area contributed by atoms with Gasteiger partial charge in [0.2, 0.25) is 0 Å². The maximum absolute atomic E-state index is 16.3. The minimum absolute atomic E-state index is 0.0141. The lowest BCUT2D eigenvalue weighted by Crippen LogP contribution is -2.47. The van der Waals surface area contributed by atoms with Crippen LogP contribution in [0.15, 0.2) is 81.2 Å². The highest BCUT2D eigenvalue weighted by atomic mass is 19.1. The number of ether oxygens (including phenoxy) is 1. The maximum Gasteiger partial charge on any atom is 0.438 e. The second-order valence-electron chi connectivity index (χ2n) is 20.3. The first-order valence-electron chi connectivity index (χ1n) is 23.1. The molecular weight excluding hydrogens is 873 g/mol. The van der Waals surface area contributed by atoms with E-state index in [9.17, 15) is 9.59 Å². The van der Waals surface area contributed by atoms with Gasteiger partial charge in [0.05, 0.1) is 51.4 Å². The van der Waals surface area contributed by atoms with E-state index in [4.69, 9.17) is 14.4 Å². The second kappa shape index (κ2) is 14.3. The first kappa shape index (κ1) is 42.4. The number of carbonyl (C=O) groups is 1. The van der Waals surface area contributed by atoms with E-state index in [2.05, 4.69) is 59.1 Å². The van der Waals surface area contributed by atoms with Crippen molar-refractivity contribution in [1.82, 2.24) is 53.2 Å². The first-order valence-corrected chi connectivity index (χ1v) is 23.1. The molecule has 8 heterocycles. The minimum atomic E-state index is -0.877. The summed E-state index contributed by atoms with van der Waals surface area (Å²) in [6.07, 6.45) is 6.85. The van der Waals surface area contributed by atoms with Crippen LogP contribution in [0.1, 0.15) is 103 Å². The molecule has 0 bridgehead atoms. The molecule has 68 heavy (non-hydrogen) atoms. The fourth-order valence-corrected chi connectivity index (χ4v) is 11.7. The Morgan fingerprint density at radius 3 is 2.31 bits per heavy atom. The number of halogens is 2. The number of hydrogen-bond donors (Lipinski definition) is 1. The third kappa shape index (κ3) is 5.95. The van der Waals surface area contributed by atoms with Gasteiger partial charge in [-0.15, -0.1) is 0 Å². The number of hydrogen-bond acceptors (Lipinski definition) is 9. The van der Waals surface area contributed by atoms with Gasteiger partial charge in [-0.3, -0.25) is 33.0 Å². The molecular formula is C50H51F2N11O5. The van der Waals surface area contributed by atoms with E-state index < -0.39 is 34.4 Å². The highest BCUT2D eigenvalue weighted by Gasteiger charge is 2.62. The van der Waals surface area contributed by atoms with Crippen molar-refractivity contribution in [3.8, 4) is 17.2 Å². The molecule has 1 spiro atoms. The minimum Gasteiger partial charge on any atom is -0.376 e. The third-order valence-corrected chi connectivity index (χ3v) is 15.6.